The molecule has 2 aromatic carbocycles. The number of pyridine rings is 1. The van der Waals surface area contributed by atoms with Crippen molar-refractivity contribution in [2.24, 2.45) is 0 Å². The Balaban J connectivity index is 1.85. The van der Waals surface area contributed by atoms with Crippen LogP contribution in [0.1, 0.15) is 33.6 Å². The van der Waals surface area contributed by atoms with Gasteiger partial charge in [-0.3, -0.25) is 9.78 Å². The first-order valence-electron chi connectivity index (χ1n) is 9.17. The Morgan fingerprint density at radius 3 is 2.57 bits per heavy atom. The molecule has 1 aliphatic rings. The van der Waals surface area contributed by atoms with Crippen molar-refractivity contribution < 1.29 is 27.8 Å². The Morgan fingerprint density at radius 1 is 1.13 bits per heavy atom. The number of phenols is 1. The number of nitrogens with one attached hydrogen (secondary N) is 1. The number of rotatable bonds is 3. The molecular weight excluding hydrogens is 397 g/mol. The molecule has 0 aliphatic carbocycles. The smallest absolute Gasteiger partial charge is 0.252 e. The molecule has 0 fully saturated rings. The number of halogens is 3. The number of fused-ring (bicyclic) bond motifs is 1. The second-order valence-corrected chi connectivity index (χ2v) is 7.06. The monoisotopic (exact) mass is 414 g/mol. The predicted molar refractivity (Wildman–Crippen MR) is 102 cm³/mol. The Kier molecular flexibility index (Phi) is 4.85. The number of hydrogen-bond donors (Lipinski definition) is 2. The molecule has 0 saturated heterocycles. The molecule has 0 unspecified atom stereocenters. The molecular formula is C22H17F3N2O3. The highest BCUT2D eigenvalue weighted by atomic mass is 19.1. The van der Waals surface area contributed by atoms with E-state index in [1.807, 2.05) is 0 Å². The number of benzene rings is 2. The number of aromatic hydroxyl groups is 1. The molecule has 1 aromatic heterocycles. The molecule has 0 spiro atoms. The van der Waals surface area contributed by atoms with E-state index in [4.69, 9.17) is 4.74 Å². The van der Waals surface area contributed by atoms with Crippen LogP contribution in [0.2, 0.25) is 0 Å². The number of aromatic nitrogens is 1. The number of ether oxygens (including phenoxy) is 1. The molecule has 0 bridgehead atoms. The Bertz CT molecular complexity index is 1130. The zero-order valence-electron chi connectivity index (χ0n) is 15.9. The number of phenolic OH excluding ortho intramolecular Hbond substituents is 1. The molecule has 30 heavy (non-hydrogen) atoms. The third kappa shape index (κ3) is 3.24. The molecule has 3 aromatic rings. The van der Waals surface area contributed by atoms with Gasteiger partial charge in [0.15, 0.2) is 17.4 Å². The number of amides is 1. The summed E-state index contributed by atoms with van der Waals surface area (Å²) in [6.45, 7) is 1.81. The van der Waals surface area contributed by atoms with Gasteiger partial charge >= 0.3 is 0 Å². The van der Waals surface area contributed by atoms with Crippen molar-refractivity contribution in [3.63, 3.8) is 0 Å². The average molecular weight is 414 g/mol. The fourth-order valence-corrected chi connectivity index (χ4v) is 3.56. The van der Waals surface area contributed by atoms with Gasteiger partial charge in [0.05, 0.1) is 6.61 Å². The van der Waals surface area contributed by atoms with Gasteiger partial charge in [-0.05, 0) is 48.4 Å². The second kappa shape index (κ2) is 7.37. The van der Waals surface area contributed by atoms with E-state index in [0.29, 0.717) is 22.6 Å². The van der Waals surface area contributed by atoms with Crippen LogP contribution in [0.15, 0.2) is 48.7 Å². The summed E-state index contributed by atoms with van der Waals surface area (Å²) in [7, 11) is 0. The van der Waals surface area contributed by atoms with Crippen LogP contribution in [0.5, 0.6) is 11.5 Å². The van der Waals surface area contributed by atoms with Gasteiger partial charge in [0.2, 0.25) is 0 Å². The number of hydrogen-bond acceptors (Lipinski definition) is 4. The molecule has 1 atom stereocenters. The lowest BCUT2D eigenvalue weighted by Crippen LogP contribution is -2.50. The van der Waals surface area contributed by atoms with Crippen LogP contribution in [-0.4, -0.2) is 22.6 Å². The van der Waals surface area contributed by atoms with E-state index < -0.39 is 34.6 Å². The predicted octanol–water partition coefficient (Wildman–Crippen LogP) is 3.97. The van der Waals surface area contributed by atoms with E-state index in [9.17, 15) is 23.1 Å². The maximum absolute atomic E-state index is 14.4. The minimum Gasteiger partial charge on any atom is -0.503 e. The number of carbonyl (C=O) groups is 1. The van der Waals surface area contributed by atoms with Gasteiger partial charge < -0.3 is 15.2 Å². The maximum Gasteiger partial charge on any atom is 0.252 e. The molecule has 5 nitrogen and oxygen atoms in total. The summed E-state index contributed by atoms with van der Waals surface area (Å²) in [5.41, 5.74) is -0.421. The Hall–Kier alpha value is -3.55. The van der Waals surface area contributed by atoms with Crippen LogP contribution < -0.4 is 10.1 Å². The summed E-state index contributed by atoms with van der Waals surface area (Å²) in [6, 6.07) is 9.35. The zero-order valence-corrected chi connectivity index (χ0v) is 15.9. The standard InChI is InChI=1S/C22H17F3N2O3/c1-12-4-5-14(11-15(12)23)22(6-8-30-18-3-2-7-26-20(18)22)27-21(29)13-9-16(24)19(28)17(25)10-13/h2-5,7,9-11,28H,6,8H2,1H3,(H,27,29)/t22-/m0/s1. The first-order chi connectivity index (χ1) is 14.3. The van der Waals surface area contributed by atoms with E-state index in [1.165, 1.54) is 12.3 Å². The summed E-state index contributed by atoms with van der Waals surface area (Å²) >= 11 is 0. The summed E-state index contributed by atoms with van der Waals surface area (Å²) in [4.78, 5) is 17.3. The summed E-state index contributed by atoms with van der Waals surface area (Å²) in [6.07, 6.45) is 1.73. The molecule has 1 amide bonds. The summed E-state index contributed by atoms with van der Waals surface area (Å²) in [5, 5.41) is 12.1. The van der Waals surface area contributed by atoms with Crippen molar-refractivity contribution in [3.05, 3.63) is 88.5 Å². The van der Waals surface area contributed by atoms with Crippen molar-refractivity contribution in [2.45, 2.75) is 18.9 Å². The van der Waals surface area contributed by atoms with Crippen molar-refractivity contribution in [1.29, 1.82) is 0 Å². The van der Waals surface area contributed by atoms with E-state index in [1.54, 1.807) is 31.2 Å². The van der Waals surface area contributed by atoms with Gasteiger partial charge in [-0.15, -0.1) is 0 Å². The second-order valence-electron chi connectivity index (χ2n) is 7.06. The average Bonchev–Trinajstić information content (AvgIpc) is 2.73. The molecule has 2 heterocycles. The molecule has 0 saturated carbocycles. The highest BCUT2D eigenvalue weighted by molar-refractivity contribution is 5.95. The number of carbonyl (C=O) groups excluding carboxylic acids is 1. The summed E-state index contributed by atoms with van der Waals surface area (Å²) < 4.78 is 47.6. The molecule has 1 aliphatic heterocycles. The van der Waals surface area contributed by atoms with Crippen LogP contribution in [0, 0.1) is 24.4 Å². The van der Waals surface area contributed by atoms with Crippen molar-refractivity contribution in [1.82, 2.24) is 10.3 Å². The fraction of sp³-hybridized carbons (Fsp3) is 0.182. The fourth-order valence-electron chi connectivity index (χ4n) is 3.56. The van der Waals surface area contributed by atoms with Crippen LogP contribution in [-0.2, 0) is 5.54 Å². The SMILES string of the molecule is Cc1ccc([C@@]2(NC(=O)c3cc(F)c(O)c(F)c3)CCOc3cccnc32)cc1F. The minimum atomic E-state index is -1.29. The van der Waals surface area contributed by atoms with Gasteiger partial charge in [0, 0.05) is 18.2 Å². The van der Waals surface area contributed by atoms with E-state index >= 15 is 0 Å². The van der Waals surface area contributed by atoms with Crippen LogP contribution in [0.3, 0.4) is 0 Å². The number of aryl methyl sites for hydroxylation is 1. The van der Waals surface area contributed by atoms with Crippen LogP contribution >= 0.6 is 0 Å². The lowest BCUT2D eigenvalue weighted by molar-refractivity contribution is 0.0882. The highest BCUT2D eigenvalue weighted by Gasteiger charge is 2.43. The van der Waals surface area contributed by atoms with Crippen LogP contribution in [0.25, 0.3) is 0 Å². The molecule has 4 rings (SSSR count). The van der Waals surface area contributed by atoms with Crippen LogP contribution in [0.4, 0.5) is 13.2 Å². The van der Waals surface area contributed by atoms with E-state index in [-0.39, 0.29) is 18.6 Å². The molecule has 0 radical (unpaired) electrons. The maximum atomic E-state index is 14.4. The minimum absolute atomic E-state index is 0.201. The van der Waals surface area contributed by atoms with Crippen molar-refractivity contribution in [3.8, 4) is 11.5 Å². The number of nitrogens with zero attached hydrogens (tertiary/aromatic N) is 1. The third-order valence-corrected chi connectivity index (χ3v) is 5.18. The van der Waals surface area contributed by atoms with Gasteiger partial charge in [0.1, 0.15) is 22.8 Å². The largest absolute Gasteiger partial charge is 0.503 e. The molecule has 2 N–H and O–H groups in total. The van der Waals surface area contributed by atoms with E-state index in [2.05, 4.69) is 10.3 Å². The normalized spacial score (nSPS) is 17.7. The zero-order chi connectivity index (χ0) is 21.5. The Morgan fingerprint density at radius 2 is 1.87 bits per heavy atom. The quantitative estimate of drug-likeness (QED) is 0.681. The van der Waals surface area contributed by atoms with Gasteiger partial charge in [0.25, 0.3) is 5.91 Å². The summed E-state index contributed by atoms with van der Waals surface area (Å²) in [5.74, 6) is -4.56. The topological polar surface area (TPSA) is 71.5 Å². The lowest BCUT2D eigenvalue weighted by Gasteiger charge is -2.39. The van der Waals surface area contributed by atoms with Crippen molar-refractivity contribution in [2.75, 3.05) is 6.61 Å². The van der Waals surface area contributed by atoms with Gasteiger partial charge in [-0.2, -0.15) is 0 Å². The highest BCUT2D eigenvalue weighted by Crippen LogP contribution is 2.41. The lowest BCUT2D eigenvalue weighted by atomic mass is 9.80. The van der Waals surface area contributed by atoms with E-state index in [0.717, 1.165) is 12.1 Å². The first-order valence-corrected chi connectivity index (χ1v) is 9.17. The van der Waals surface area contributed by atoms with Gasteiger partial charge in [-0.1, -0.05) is 12.1 Å². The molecule has 154 valence electrons. The first kappa shape index (κ1) is 19.8. The Labute approximate surface area is 170 Å². The third-order valence-electron chi connectivity index (χ3n) is 5.18. The van der Waals surface area contributed by atoms with Crippen molar-refractivity contribution >= 4 is 5.91 Å². The van der Waals surface area contributed by atoms with Gasteiger partial charge in [-0.25, -0.2) is 13.2 Å². The molecule has 8 heteroatoms.